The Bertz CT molecular complexity index is 687. The molecule has 0 aromatic heterocycles. The third-order valence-corrected chi connectivity index (χ3v) is 6.49. The Morgan fingerprint density at radius 2 is 1.83 bits per heavy atom. The van der Waals surface area contributed by atoms with Gasteiger partial charge < -0.3 is 10.0 Å². The first-order chi connectivity index (χ1) is 11.5. The first-order valence-electron chi connectivity index (χ1n) is 8.55. The van der Waals surface area contributed by atoms with Crippen molar-refractivity contribution in [1.82, 2.24) is 4.72 Å². The van der Waals surface area contributed by atoms with Gasteiger partial charge in [0, 0.05) is 31.3 Å². The molecule has 1 aliphatic carbocycles. The minimum absolute atomic E-state index is 0.00317. The summed E-state index contributed by atoms with van der Waals surface area (Å²) < 4.78 is 27.9. The van der Waals surface area contributed by atoms with E-state index in [4.69, 9.17) is 0 Å². The fourth-order valence-corrected chi connectivity index (χ4v) is 4.91. The number of anilines is 1. The number of hydrogen-bond acceptors (Lipinski definition) is 4. The molecular weight excluding hydrogens is 328 g/mol. The highest BCUT2D eigenvalue weighted by molar-refractivity contribution is 7.89. The maximum absolute atomic E-state index is 12.6. The van der Waals surface area contributed by atoms with Crippen LogP contribution in [-0.2, 0) is 14.8 Å². The number of carbonyl (C=O) groups excluding carboxylic acids is 1. The van der Waals surface area contributed by atoms with Crippen LogP contribution in [0.3, 0.4) is 0 Å². The van der Waals surface area contributed by atoms with Gasteiger partial charge in [-0.2, -0.15) is 0 Å². The van der Waals surface area contributed by atoms with Crippen LogP contribution in [0.4, 0.5) is 5.69 Å². The zero-order chi connectivity index (χ0) is 17.2. The van der Waals surface area contributed by atoms with E-state index in [9.17, 15) is 18.3 Å². The molecule has 0 radical (unpaired) electrons. The molecule has 0 bridgehead atoms. The second-order valence-corrected chi connectivity index (χ2v) is 8.31. The number of aliphatic hydroxyl groups excluding tert-OH is 1. The van der Waals surface area contributed by atoms with Crippen LogP contribution < -0.4 is 9.62 Å². The Labute approximate surface area is 142 Å². The summed E-state index contributed by atoms with van der Waals surface area (Å²) in [5.74, 6) is 0.0618. The third-order valence-electron chi connectivity index (χ3n) is 4.98. The van der Waals surface area contributed by atoms with Crippen molar-refractivity contribution in [3.63, 3.8) is 0 Å². The van der Waals surface area contributed by atoms with E-state index in [1.165, 1.54) is 0 Å². The summed E-state index contributed by atoms with van der Waals surface area (Å²) in [7, 11) is -3.62. The van der Waals surface area contributed by atoms with Gasteiger partial charge in [-0.3, -0.25) is 4.79 Å². The highest BCUT2D eigenvalue weighted by Gasteiger charge is 2.29. The van der Waals surface area contributed by atoms with E-state index in [2.05, 4.69) is 4.72 Å². The average Bonchev–Trinajstić information content (AvgIpc) is 3.01. The number of amides is 1. The number of sulfonamides is 1. The van der Waals surface area contributed by atoms with Crippen molar-refractivity contribution >= 4 is 21.6 Å². The van der Waals surface area contributed by atoms with Crippen molar-refractivity contribution in [1.29, 1.82) is 0 Å². The van der Waals surface area contributed by atoms with Crippen LogP contribution in [0, 0.1) is 5.92 Å². The maximum atomic E-state index is 12.6. The molecule has 6 nitrogen and oxygen atoms in total. The summed E-state index contributed by atoms with van der Waals surface area (Å²) in [6.45, 7) is 0.687. The Balaban J connectivity index is 1.73. The Hall–Kier alpha value is -1.44. The molecule has 1 amide bonds. The second-order valence-electron chi connectivity index (χ2n) is 6.60. The van der Waals surface area contributed by atoms with E-state index in [0.29, 0.717) is 13.0 Å². The molecule has 1 aromatic rings. The summed E-state index contributed by atoms with van der Waals surface area (Å²) in [6.07, 6.45) is 4.99. The van der Waals surface area contributed by atoms with E-state index >= 15 is 0 Å². The standard InChI is InChI=1S/C17H24N2O4S/c20-12-13-4-1-2-5-16(13)18-24(22,23)15-9-7-14(8-10-15)19-11-3-6-17(19)21/h7-10,13,16,18,20H,1-6,11-12H2/t13-,16-/m0/s1. The van der Waals surface area contributed by atoms with Crippen molar-refractivity contribution in [2.75, 3.05) is 18.1 Å². The Morgan fingerprint density at radius 1 is 1.12 bits per heavy atom. The van der Waals surface area contributed by atoms with Gasteiger partial charge in [-0.15, -0.1) is 0 Å². The zero-order valence-electron chi connectivity index (χ0n) is 13.6. The largest absolute Gasteiger partial charge is 0.396 e. The van der Waals surface area contributed by atoms with Gasteiger partial charge in [0.1, 0.15) is 0 Å². The van der Waals surface area contributed by atoms with Gasteiger partial charge in [0.25, 0.3) is 0 Å². The summed E-state index contributed by atoms with van der Waals surface area (Å²) in [4.78, 5) is 13.6. The molecule has 0 unspecified atom stereocenters. The van der Waals surface area contributed by atoms with Crippen molar-refractivity contribution in [3.05, 3.63) is 24.3 Å². The van der Waals surface area contributed by atoms with Gasteiger partial charge in [0.2, 0.25) is 15.9 Å². The van der Waals surface area contributed by atoms with Gasteiger partial charge >= 0.3 is 0 Å². The average molecular weight is 352 g/mol. The van der Waals surface area contributed by atoms with E-state index in [-0.39, 0.29) is 29.4 Å². The predicted octanol–water partition coefficient (Wildman–Crippen LogP) is 1.64. The van der Waals surface area contributed by atoms with Crippen LogP contribution in [0.25, 0.3) is 0 Å². The topological polar surface area (TPSA) is 86.7 Å². The lowest BCUT2D eigenvalue weighted by atomic mass is 9.86. The molecular formula is C17H24N2O4S. The fraction of sp³-hybridized carbons (Fsp3) is 0.588. The van der Waals surface area contributed by atoms with Gasteiger partial charge in [-0.05, 0) is 49.4 Å². The first kappa shape index (κ1) is 17.4. The van der Waals surface area contributed by atoms with Gasteiger partial charge in [0.05, 0.1) is 4.90 Å². The molecule has 0 spiro atoms. The Morgan fingerprint density at radius 3 is 2.46 bits per heavy atom. The zero-order valence-corrected chi connectivity index (χ0v) is 14.5. The molecule has 2 N–H and O–H groups in total. The minimum Gasteiger partial charge on any atom is -0.396 e. The van der Waals surface area contributed by atoms with Crippen molar-refractivity contribution in [3.8, 4) is 0 Å². The molecule has 1 saturated carbocycles. The van der Waals surface area contributed by atoms with Gasteiger partial charge in [-0.1, -0.05) is 12.8 Å². The molecule has 3 rings (SSSR count). The molecule has 1 saturated heterocycles. The van der Waals surface area contributed by atoms with Crippen LogP contribution >= 0.6 is 0 Å². The highest BCUT2D eigenvalue weighted by atomic mass is 32.2. The van der Waals surface area contributed by atoms with Crippen LogP contribution in [-0.4, -0.2) is 38.6 Å². The molecule has 132 valence electrons. The smallest absolute Gasteiger partial charge is 0.240 e. The summed E-state index contributed by atoms with van der Waals surface area (Å²) >= 11 is 0. The molecule has 7 heteroatoms. The Kier molecular flexibility index (Phi) is 5.22. The number of rotatable bonds is 5. The van der Waals surface area contributed by atoms with E-state index in [1.807, 2.05) is 0 Å². The van der Waals surface area contributed by atoms with Crippen molar-refractivity contribution in [2.45, 2.75) is 49.5 Å². The number of carbonyl (C=O) groups is 1. The highest BCUT2D eigenvalue weighted by Crippen LogP contribution is 2.27. The lowest BCUT2D eigenvalue weighted by molar-refractivity contribution is -0.117. The summed E-state index contributed by atoms with van der Waals surface area (Å²) in [6, 6.07) is 6.23. The lowest BCUT2D eigenvalue weighted by Crippen LogP contribution is -2.43. The number of hydrogen-bond donors (Lipinski definition) is 2. The van der Waals surface area contributed by atoms with Crippen molar-refractivity contribution < 1.29 is 18.3 Å². The molecule has 1 aromatic carbocycles. The number of nitrogens with zero attached hydrogens (tertiary/aromatic N) is 1. The molecule has 2 aliphatic rings. The van der Waals surface area contributed by atoms with E-state index in [1.54, 1.807) is 29.2 Å². The molecule has 2 fully saturated rings. The van der Waals surface area contributed by atoms with Crippen molar-refractivity contribution in [2.24, 2.45) is 5.92 Å². The van der Waals surface area contributed by atoms with Crippen LogP contribution in [0.15, 0.2) is 29.2 Å². The van der Waals surface area contributed by atoms with Gasteiger partial charge in [-0.25, -0.2) is 13.1 Å². The molecule has 1 aliphatic heterocycles. The predicted molar refractivity (Wildman–Crippen MR) is 91.2 cm³/mol. The second kappa shape index (κ2) is 7.21. The minimum atomic E-state index is -3.62. The molecule has 1 heterocycles. The summed E-state index contributed by atoms with van der Waals surface area (Å²) in [5, 5.41) is 9.44. The summed E-state index contributed by atoms with van der Waals surface area (Å²) in [5.41, 5.74) is 0.738. The lowest BCUT2D eigenvalue weighted by Gasteiger charge is -2.30. The normalized spacial score (nSPS) is 25.2. The van der Waals surface area contributed by atoms with Crippen LogP contribution in [0.1, 0.15) is 38.5 Å². The quantitative estimate of drug-likeness (QED) is 0.843. The van der Waals surface area contributed by atoms with Crippen LogP contribution in [0.2, 0.25) is 0 Å². The monoisotopic (exact) mass is 352 g/mol. The SMILES string of the molecule is O=C1CCCN1c1ccc(S(=O)(=O)N[C@H]2CCCC[C@H]2CO)cc1. The fourth-order valence-electron chi connectivity index (χ4n) is 3.58. The number of benzene rings is 1. The van der Waals surface area contributed by atoms with Crippen LogP contribution in [0.5, 0.6) is 0 Å². The van der Waals surface area contributed by atoms with E-state index < -0.39 is 10.0 Å². The maximum Gasteiger partial charge on any atom is 0.240 e. The third kappa shape index (κ3) is 3.63. The van der Waals surface area contributed by atoms with E-state index in [0.717, 1.165) is 37.8 Å². The first-order valence-corrected chi connectivity index (χ1v) is 10.0. The molecule has 2 atom stereocenters. The van der Waals surface area contributed by atoms with Gasteiger partial charge in [0.15, 0.2) is 0 Å². The number of nitrogens with one attached hydrogen (secondary N) is 1. The molecule has 24 heavy (non-hydrogen) atoms. The number of aliphatic hydroxyl groups is 1.